The van der Waals surface area contributed by atoms with Crippen LogP contribution < -0.4 is 5.32 Å². The molecule has 1 amide bonds. The van der Waals surface area contributed by atoms with Crippen molar-refractivity contribution < 1.29 is 14.8 Å². The third-order valence-electron chi connectivity index (χ3n) is 3.49. The summed E-state index contributed by atoms with van der Waals surface area (Å²) in [6.45, 7) is 8.24. The summed E-state index contributed by atoms with van der Waals surface area (Å²) in [6, 6.07) is 4.20. The number of aliphatic hydroxyl groups is 1. The number of carbonyl (C=O) groups is 1. The van der Waals surface area contributed by atoms with Crippen LogP contribution in [-0.2, 0) is 0 Å². The van der Waals surface area contributed by atoms with Gasteiger partial charge in [-0.2, -0.15) is 0 Å². The standard InChI is InChI=1S/C14H20N2O4/c1-9-6-10(8-11(7-9)16(19)20)12(17)15-13(2,3)14(4,5)18/h6-8,18H,1-5H3,(H,15,17). The highest BCUT2D eigenvalue weighted by Gasteiger charge is 2.36. The quantitative estimate of drug-likeness (QED) is 0.653. The summed E-state index contributed by atoms with van der Waals surface area (Å²) in [5.41, 5.74) is -1.29. The van der Waals surface area contributed by atoms with E-state index in [0.29, 0.717) is 5.56 Å². The first-order valence-electron chi connectivity index (χ1n) is 6.25. The van der Waals surface area contributed by atoms with Crippen molar-refractivity contribution in [1.29, 1.82) is 0 Å². The molecule has 1 aromatic rings. The molecule has 0 bridgehead atoms. The fourth-order valence-electron chi connectivity index (χ4n) is 1.51. The number of hydrogen-bond donors (Lipinski definition) is 2. The Kier molecular flexibility index (Phi) is 4.19. The Morgan fingerprint density at radius 3 is 2.25 bits per heavy atom. The highest BCUT2D eigenvalue weighted by molar-refractivity contribution is 5.95. The first-order chi connectivity index (χ1) is 8.94. The largest absolute Gasteiger partial charge is 0.388 e. The van der Waals surface area contributed by atoms with Crippen molar-refractivity contribution in [3.8, 4) is 0 Å². The van der Waals surface area contributed by atoms with Crippen LogP contribution in [0, 0.1) is 17.0 Å². The van der Waals surface area contributed by atoms with Crippen molar-refractivity contribution >= 4 is 11.6 Å². The molecular formula is C14H20N2O4. The van der Waals surface area contributed by atoms with Crippen molar-refractivity contribution in [3.05, 3.63) is 39.4 Å². The maximum atomic E-state index is 12.2. The summed E-state index contributed by atoms with van der Waals surface area (Å²) in [6.07, 6.45) is 0. The van der Waals surface area contributed by atoms with Crippen molar-refractivity contribution in [2.75, 3.05) is 0 Å². The number of benzene rings is 1. The molecule has 0 unspecified atom stereocenters. The molecule has 6 nitrogen and oxygen atoms in total. The van der Waals surface area contributed by atoms with Gasteiger partial charge in [0.25, 0.3) is 11.6 Å². The molecule has 0 aliphatic heterocycles. The summed E-state index contributed by atoms with van der Waals surface area (Å²) >= 11 is 0. The summed E-state index contributed by atoms with van der Waals surface area (Å²) in [5.74, 6) is -0.455. The monoisotopic (exact) mass is 280 g/mol. The summed E-state index contributed by atoms with van der Waals surface area (Å²) in [7, 11) is 0. The molecule has 1 aromatic carbocycles. The van der Waals surface area contributed by atoms with Crippen LogP contribution in [0.2, 0.25) is 0 Å². The van der Waals surface area contributed by atoms with Crippen LogP contribution in [0.15, 0.2) is 18.2 Å². The fraction of sp³-hybridized carbons (Fsp3) is 0.500. The Bertz CT molecular complexity index is 545. The van der Waals surface area contributed by atoms with Crippen molar-refractivity contribution in [3.63, 3.8) is 0 Å². The van der Waals surface area contributed by atoms with E-state index in [4.69, 9.17) is 0 Å². The van der Waals surface area contributed by atoms with Crippen LogP contribution in [0.4, 0.5) is 5.69 Å². The Hall–Kier alpha value is -1.95. The molecule has 20 heavy (non-hydrogen) atoms. The summed E-state index contributed by atoms with van der Waals surface area (Å²) in [4.78, 5) is 22.5. The molecule has 0 spiro atoms. The van der Waals surface area contributed by atoms with Gasteiger partial charge in [-0.1, -0.05) is 0 Å². The lowest BCUT2D eigenvalue weighted by molar-refractivity contribution is -0.384. The van der Waals surface area contributed by atoms with E-state index in [-0.39, 0.29) is 11.3 Å². The zero-order chi connectivity index (χ0) is 15.7. The van der Waals surface area contributed by atoms with Gasteiger partial charge in [-0.3, -0.25) is 14.9 Å². The van der Waals surface area contributed by atoms with E-state index in [1.807, 2.05) is 0 Å². The Labute approximate surface area is 118 Å². The molecule has 0 aromatic heterocycles. The lowest BCUT2D eigenvalue weighted by Gasteiger charge is -2.38. The van der Waals surface area contributed by atoms with Gasteiger partial charge in [-0.05, 0) is 46.2 Å². The van der Waals surface area contributed by atoms with Crippen LogP contribution in [0.3, 0.4) is 0 Å². The number of aryl methyl sites for hydroxylation is 1. The zero-order valence-corrected chi connectivity index (χ0v) is 12.4. The predicted octanol–water partition coefficient (Wildman–Crippen LogP) is 2.18. The average Bonchev–Trinajstić information content (AvgIpc) is 2.25. The number of non-ortho nitro benzene ring substituents is 1. The number of nitrogens with zero attached hydrogens (tertiary/aromatic N) is 1. The topological polar surface area (TPSA) is 92.5 Å². The van der Waals surface area contributed by atoms with Crippen molar-refractivity contribution in [1.82, 2.24) is 5.32 Å². The highest BCUT2D eigenvalue weighted by atomic mass is 16.6. The first-order valence-corrected chi connectivity index (χ1v) is 6.25. The number of amides is 1. The van der Waals surface area contributed by atoms with E-state index in [1.165, 1.54) is 12.1 Å². The summed E-state index contributed by atoms with van der Waals surface area (Å²) < 4.78 is 0. The third kappa shape index (κ3) is 3.54. The van der Waals surface area contributed by atoms with Crippen LogP contribution in [-0.4, -0.2) is 27.1 Å². The maximum Gasteiger partial charge on any atom is 0.270 e. The molecule has 2 N–H and O–H groups in total. The van der Waals surface area contributed by atoms with Crippen LogP contribution in [0.5, 0.6) is 0 Å². The minimum atomic E-state index is -1.13. The van der Waals surface area contributed by atoms with E-state index in [0.717, 1.165) is 0 Å². The molecule has 0 atom stereocenters. The Morgan fingerprint density at radius 2 is 1.80 bits per heavy atom. The maximum absolute atomic E-state index is 12.2. The van der Waals surface area contributed by atoms with E-state index in [9.17, 15) is 20.0 Å². The second-order valence-electron chi connectivity index (χ2n) is 5.95. The van der Waals surface area contributed by atoms with E-state index in [2.05, 4.69) is 5.32 Å². The summed E-state index contributed by atoms with van der Waals surface area (Å²) in [5, 5.41) is 23.5. The lowest BCUT2D eigenvalue weighted by Crippen LogP contribution is -2.57. The molecule has 0 aliphatic rings. The molecule has 1 rings (SSSR count). The van der Waals surface area contributed by atoms with Gasteiger partial charge in [0.2, 0.25) is 0 Å². The normalized spacial score (nSPS) is 12.1. The Balaban J connectivity index is 3.08. The van der Waals surface area contributed by atoms with Crippen LogP contribution in [0.1, 0.15) is 43.6 Å². The number of nitrogens with one attached hydrogen (secondary N) is 1. The van der Waals surface area contributed by atoms with E-state index in [1.54, 1.807) is 40.7 Å². The molecular weight excluding hydrogens is 260 g/mol. The number of rotatable bonds is 4. The zero-order valence-electron chi connectivity index (χ0n) is 12.4. The molecule has 0 fully saturated rings. The first kappa shape index (κ1) is 16.1. The molecule has 110 valence electrons. The van der Waals surface area contributed by atoms with Crippen LogP contribution in [0.25, 0.3) is 0 Å². The number of nitro groups is 1. The van der Waals surface area contributed by atoms with Gasteiger partial charge < -0.3 is 10.4 Å². The molecule has 0 saturated carbocycles. The van der Waals surface area contributed by atoms with Crippen LogP contribution >= 0.6 is 0 Å². The molecule has 0 radical (unpaired) electrons. The SMILES string of the molecule is Cc1cc(C(=O)NC(C)(C)C(C)(C)O)cc([N+](=O)[O-])c1. The van der Waals surface area contributed by atoms with Gasteiger partial charge in [0.05, 0.1) is 16.1 Å². The number of carbonyl (C=O) groups excluding carboxylic acids is 1. The van der Waals surface area contributed by atoms with Crippen molar-refractivity contribution in [2.45, 2.75) is 45.8 Å². The lowest BCUT2D eigenvalue weighted by atomic mass is 9.85. The minimum absolute atomic E-state index is 0.129. The number of hydrogen-bond acceptors (Lipinski definition) is 4. The third-order valence-corrected chi connectivity index (χ3v) is 3.49. The van der Waals surface area contributed by atoms with Gasteiger partial charge in [0, 0.05) is 17.7 Å². The second kappa shape index (κ2) is 5.20. The van der Waals surface area contributed by atoms with Gasteiger partial charge >= 0.3 is 0 Å². The van der Waals surface area contributed by atoms with Gasteiger partial charge in [-0.25, -0.2) is 0 Å². The highest BCUT2D eigenvalue weighted by Crippen LogP contribution is 2.22. The molecule has 0 aliphatic carbocycles. The molecule has 6 heteroatoms. The Morgan fingerprint density at radius 1 is 1.25 bits per heavy atom. The van der Waals surface area contributed by atoms with Crippen molar-refractivity contribution in [2.24, 2.45) is 0 Å². The number of nitro benzene ring substituents is 1. The molecule has 0 heterocycles. The molecule has 0 saturated heterocycles. The predicted molar refractivity (Wildman–Crippen MR) is 75.7 cm³/mol. The minimum Gasteiger partial charge on any atom is -0.388 e. The van der Waals surface area contributed by atoms with Gasteiger partial charge in [-0.15, -0.1) is 0 Å². The smallest absolute Gasteiger partial charge is 0.270 e. The second-order valence-corrected chi connectivity index (χ2v) is 5.95. The average molecular weight is 280 g/mol. The van der Waals surface area contributed by atoms with Gasteiger partial charge in [0.1, 0.15) is 0 Å². The van der Waals surface area contributed by atoms with E-state index < -0.39 is 22.0 Å². The van der Waals surface area contributed by atoms with Gasteiger partial charge in [0.15, 0.2) is 0 Å². The fourth-order valence-corrected chi connectivity index (χ4v) is 1.51. The van der Waals surface area contributed by atoms with E-state index >= 15 is 0 Å².